The van der Waals surface area contributed by atoms with E-state index in [2.05, 4.69) is 58.1 Å². The van der Waals surface area contributed by atoms with E-state index in [4.69, 9.17) is 0 Å². The third kappa shape index (κ3) is 6.29. The first-order valence-corrected chi connectivity index (χ1v) is 10.3. The van der Waals surface area contributed by atoms with Crippen LogP contribution in [0.4, 0.5) is 0 Å². The Bertz CT molecular complexity index is 627. The number of thiophene rings is 1. The highest BCUT2D eigenvalue weighted by atomic mass is 32.1. The summed E-state index contributed by atoms with van der Waals surface area (Å²) in [5, 5.41) is 5.35. The molecule has 2 heterocycles. The maximum Gasteiger partial charge on any atom is 0.220 e. The molecular formula is C21H28N2OS. The lowest BCUT2D eigenvalue weighted by Gasteiger charge is -2.33. The molecule has 2 aromatic rings. The Morgan fingerprint density at radius 3 is 2.84 bits per heavy atom. The number of hydrogen-bond acceptors (Lipinski definition) is 3. The average molecular weight is 357 g/mol. The minimum absolute atomic E-state index is 0.214. The van der Waals surface area contributed by atoms with Crippen molar-refractivity contribution in [1.29, 1.82) is 0 Å². The molecule has 3 nitrogen and oxygen atoms in total. The summed E-state index contributed by atoms with van der Waals surface area (Å²) in [6.45, 7) is 3.22. The normalized spacial score (nSPS) is 18.2. The number of aryl methyl sites for hydroxylation is 1. The molecule has 1 aliphatic rings. The molecular weight excluding hydrogens is 328 g/mol. The van der Waals surface area contributed by atoms with Crippen molar-refractivity contribution < 1.29 is 4.79 Å². The van der Waals surface area contributed by atoms with Gasteiger partial charge in [0.1, 0.15) is 0 Å². The molecule has 0 bridgehead atoms. The van der Waals surface area contributed by atoms with Gasteiger partial charge in [0.15, 0.2) is 0 Å². The van der Waals surface area contributed by atoms with E-state index in [1.165, 1.54) is 16.9 Å². The van der Waals surface area contributed by atoms with Crippen LogP contribution < -0.4 is 5.32 Å². The molecule has 1 amide bonds. The van der Waals surface area contributed by atoms with E-state index in [0.717, 1.165) is 45.3 Å². The molecule has 0 radical (unpaired) electrons. The van der Waals surface area contributed by atoms with E-state index in [9.17, 15) is 4.79 Å². The summed E-state index contributed by atoms with van der Waals surface area (Å²) in [5.74, 6) is 0.214. The highest BCUT2D eigenvalue weighted by Gasteiger charge is 2.20. The zero-order valence-corrected chi connectivity index (χ0v) is 15.6. The van der Waals surface area contributed by atoms with E-state index < -0.39 is 0 Å². The van der Waals surface area contributed by atoms with Gasteiger partial charge in [0.25, 0.3) is 0 Å². The zero-order valence-electron chi connectivity index (χ0n) is 14.8. The molecule has 1 atom stereocenters. The number of hydrogen-bond donors (Lipinski definition) is 1. The molecule has 0 unspecified atom stereocenters. The Morgan fingerprint density at radius 1 is 1.16 bits per heavy atom. The van der Waals surface area contributed by atoms with E-state index in [0.29, 0.717) is 12.5 Å². The van der Waals surface area contributed by atoms with Crippen LogP contribution in [0, 0.1) is 0 Å². The standard InChI is InChI=1S/C21H28N2OS/c24-21(12-4-10-20-11-6-16-25-20)22-19-9-5-14-23(17-19)15-13-18-7-2-1-3-8-18/h1-3,6-8,11,16,19H,4-5,9-10,12-15,17H2,(H,22,24)/t19-/m0/s1. The number of rotatable bonds is 8. The summed E-state index contributed by atoms with van der Waals surface area (Å²) in [6.07, 6.45) is 5.96. The van der Waals surface area contributed by atoms with Gasteiger partial charge in [-0.15, -0.1) is 11.3 Å². The fraction of sp³-hybridized carbons (Fsp3) is 0.476. The van der Waals surface area contributed by atoms with Crippen LogP contribution in [0.25, 0.3) is 0 Å². The molecule has 1 saturated heterocycles. The van der Waals surface area contributed by atoms with Gasteiger partial charge >= 0.3 is 0 Å². The fourth-order valence-corrected chi connectivity index (χ4v) is 4.24. The molecule has 1 aromatic carbocycles. The van der Waals surface area contributed by atoms with E-state index in [-0.39, 0.29) is 5.91 Å². The Hall–Kier alpha value is -1.65. The first-order valence-electron chi connectivity index (χ1n) is 9.37. The van der Waals surface area contributed by atoms with Crippen LogP contribution in [0.3, 0.4) is 0 Å². The van der Waals surface area contributed by atoms with E-state index in [1.54, 1.807) is 11.3 Å². The molecule has 1 aliphatic heterocycles. The molecule has 0 saturated carbocycles. The molecule has 0 aliphatic carbocycles. The minimum atomic E-state index is 0.214. The van der Waals surface area contributed by atoms with Crippen molar-refractivity contribution in [2.45, 2.75) is 44.6 Å². The second-order valence-corrected chi connectivity index (χ2v) is 7.91. The lowest BCUT2D eigenvalue weighted by Crippen LogP contribution is -2.48. The minimum Gasteiger partial charge on any atom is -0.352 e. The number of benzene rings is 1. The van der Waals surface area contributed by atoms with Gasteiger partial charge in [-0.2, -0.15) is 0 Å². The zero-order chi connectivity index (χ0) is 17.3. The van der Waals surface area contributed by atoms with Gasteiger partial charge in [-0.05, 0) is 55.7 Å². The maximum atomic E-state index is 12.2. The van der Waals surface area contributed by atoms with Gasteiger partial charge in [0.05, 0.1) is 0 Å². The van der Waals surface area contributed by atoms with Gasteiger partial charge in [-0.1, -0.05) is 36.4 Å². The van der Waals surface area contributed by atoms with Crippen LogP contribution in [-0.2, 0) is 17.6 Å². The van der Waals surface area contributed by atoms with Crippen LogP contribution in [0.2, 0.25) is 0 Å². The number of amides is 1. The molecule has 0 spiro atoms. The van der Waals surface area contributed by atoms with Crippen LogP contribution in [0.5, 0.6) is 0 Å². The monoisotopic (exact) mass is 356 g/mol. The predicted octanol–water partition coefficient (Wildman–Crippen LogP) is 3.89. The third-order valence-electron chi connectivity index (χ3n) is 4.84. The number of likely N-dealkylation sites (tertiary alicyclic amines) is 1. The lowest BCUT2D eigenvalue weighted by atomic mass is 10.0. The van der Waals surface area contributed by atoms with Crippen LogP contribution in [-0.4, -0.2) is 36.5 Å². The number of carbonyl (C=O) groups is 1. The third-order valence-corrected chi connectivity index (χ3v) is 5.77. The average Bonchev–Trinajstić information content (AvgIpc) is 3.15. The van der Waals surface area contributed by atoms with Gasteiger partial charge in [0.2, 0.25) is 5.91 Å². The summed E-state index contributed by atoms with van der Waals surface area (Å²) >= 11 is 1.78. The quantitative estimate of drug-likeness (QED) is 0.778. The SMILES string of the molecule is O=C(CCCc1cccs1)N[C@H]1CCCN(CCc2ccccc2)C1. The van der Waals surface area contributed by atoms with E-state index in [1.807, 2.05) is 0 Å². The summed E-state index contributed by atoms with van der Waals surface area (Å²) in [6, 6.07) is 15.2. The molecule has 1 fully saturated rings. The van der Waals surface area contributed by atoms with Crippen molar-refractivity contribution in [3.05, 3.63) is 58.3 Å². The molecule has 1 aromatic heterocycles. The Morgan fingerprint density at radius 2 is 2.04 bits per heavy atom. The van der Waals surface area contributed by atoms with Crippen LogP contribution in [0.1, 0.15) is 36.1 Å². The van der Waals surface area contributed by atoms with Crippen molar-refractivity contribution in [3.63, 3.8) is 0 Å². The molecule has 1 N–H and O–H groups in total. The molecule has 25 heavy (non-hydrogen) atoms. The van der Waals surface area contributed by atoms with Gasteiger partial charge in [-0.3, -0.25) is 4.79 Å². The lowest BCUT2D eigenvalue weighted by molar-refractivity contribution is -0.122. The van der Waals surface area contributed by atoms with Gasteiger partial charge in [-0.25, -0.2) is 0 Å². The summed E-state index contributed by atoms with van der Waals surface area (Å²) in [7, 11) is 0. The topological polar surface area (TPSA) is 32.3 Å². The van der Waals surface area contributed by atoms with Crippen LogP contribution >= 0.6 is 11.3 Å². The van der Waals surface area contributed by atoms with Crippen molar-refractivity contribution >= 4 is 17.2 Å². The highest BCUT2D eigenvalue weighted by Crippen LogP contribution is 2.14. The number of carbonyl (C=O) groups excluding carboxylic acids is 1. The first-order chi connectivity index (χ1) is 12.3. The number of nitrogens with one attached hydrogen (secondary N) is 1. The second kappa shape index (κ2) is 9.73. The molecule has 3 rings (SSSR count). The number of nitrogens with zero attached hydrogens (tertiary/aromatic N) is 1. The Balaban J connectivity index is 1.35. The summed E-state index contributed by atoms with van der Waals surface area (Å²) < 4.78 is 0. The van der Waals surface area contributed by atoms with Gasteiger partial charge in [0, 0.05) is 30.4 Å². The largest absolute Gasteiger partial charge is 0.352 e. The van der Waals surface area contributed by atoms with Crippen molar-refractivity contribution in [1.82, 2.24) is 10.2 Å². The predicted molar refractivity (Wildman–Crippen MR) is 105 cm³/mol. The van der Waals surface area contributed by atoms with Crippen molar-refractivity contribution in [2.75, 3.05) is 19.6 Å². The van der Waals surface area contributed by atoms with Crippen LogP contribution in [0.15, 0.2) is 47.8 Å². The Labute approximate surface area is 155 Å². The van der Waals surface area contributed by atoms with Crippen molar-refractivity contribution in [2.24, 2.45) is 0 Å². The summed E-state index contributed by atoms with van der Waals surface area (Å²) in [5.41, 5.74) is 1.39. The fourth-order valence-electron chi connectivity index (χ4n) is 3.49. The first kappa shape index (κ1) is 18.2. The smallest absolute Gasteiger partial charge is 0.220 e. The van der Waals surface area contributed by atoms with E-state index >= 15 is 0 Å². The van der Waals surface area contributed by atoms with Crippen molar-refractivity contribution in [3.8, 4) is 0 Å². The Kier molecular flexibility index (Phi) is 7.07. The maximum absolute atomic E-state index is 12.2. The second-order valence-electron chi connectivity index (χ2n) is 6.88. The summed E-state index contributed by atoms with van der Waals surface area (Å²) in [4.78, 5) is 16.1. The molecule has 4 heteroatoms. The molecule has 134 valence electrons. The highest BCUT2D eigenvalue weighted by molar-refractivity contribution is 7.09. The van der Waals surface area contributed by atoms with Gasteiger partial charge < -0.3 is 10.2 Å². The number of piperidine rings is 1.